The van der Waals surface area contributed by atoms with E-state index in [4.69, 9.17) is 0 Å². The molecule has 0 spiro atoms. The molecule has 23 heavy (non-hydrogen) atoms. The third-order valence-electron chi connectivity index (χ3n) is 3.91. The number of hydrogen-bond donors (Lipinski definition) is 0. The molecule has 0 aromatic rings. The van der Waals surface area contributed by atoms with E-state index >= 15 is 0 Å². The quantitative estimate of drug-likeness (QED) is 0.407. The van der Waals surface area contributed by atoms with E-state index in [2.05, 4.69) is 0 Å². The molecule has 0 heterocycles. The monoisotopic (exact) mass is 349 g/mol. The van der Waals surface area contributed by atoms with Gasteiger partial charge in [0.25, 0.3) is 0 Å². The molecular weight excluding hydrogens is 324 g/mol. The van der Waals surface area contributed by atoms with Crippen LogP contribution in [0.3, 0.4) is 0 Å². The van der Waals surface area contributed by atoms with Crippen molar-refractivity contribution in [1.29, 1.82) is 0 Å². The lowest BCUT2D eigenvalue weighted by Gasteiger charge is -2.37. The largest absolute Gasteiger partial charge is 0.411 e. The number of alkyl halides is 6. The van der Waals surface area contributed by atoms with Gasteiger partial charge in [0.05, 0.1) is 0 Å². The van der Waals surface area contributed by atoms with Gasteiger partial charge in [-0.05, 0) is 19.8 Å². The van der Waals surface area contributed by atoms with Gasteiger partial charge in [-0.15, -0.1) is 0 Å². The van der Waals surface area contributed by atoms with Crippen LogP contribution in [0.4, 0.5) is 26.3 Å². The SMILES string of the molecule is CCCCCN(CCCCC)C(=O)C(C)(C(F)(F)F)C(F)(F)F. The Morgan fingerprint density at radius 1 is 0.783 bits per heavy atom. The maximum absolute atomic E-state index is 13.0. The summed E-state index contributed by atoms with van der Waals surface area (Å²) >= 11 is 0. The minimum Gasteiger partial charge on any atom is -0.342 e. The molecule has 0 aliphatic heterocycles. The van der Waals surface area contributed by atoms with Crippen LogP contribution >= 0.6 is 0 Å². The standard InChI is InChI=1S/C15H25F6NO/c1-4-6-8-10-22(11-9-7-5-2)12(23)13(3,14(16,17)18)15(19,20)21/h4-11H2,1-3H3. The molecule has 0 aliphatic carbocycles. The summed E-state index contributed by atoms with van der Waals surface area (Å²) in [5, 5.41) is 0. The van der Waals surface area contributed by atoms with Gasteiger partial charge >= 0.3 is 12.4 Å². The summed E-state index contributed by atoms with van der Waals surface area (Å²) in [4.78, 5) is 12.9. The van der Waals surface area contributed by atoms with Crippen molar-refractivity contribution in [2.75, 3.05) is 13.1 Å². The average molecular weight is 349 g/mol. The summed E-state index contributed by atoms with van der Waals surface area (Å²) in [5.41, 5.74) is -4.36. The summed E-state index contributed by atoms with van der Waals surface area (Å²) in [6, 6.07) is 0. The highest BCUT2D eigenvalue weighted by atomic mass is 19.4. The van der Waals surface area contributed by atoms with E-state index in [0.717, 1.165) is 17.7 Å². The number of halogens is 6. The summed E-state index contributed by atoms with van der Waals surface area (Å²) in [6.45, 7) is 3.48. The second kappa shape index (κ2) is 8.78. The first-order valence-electron chi connectivity index (χ1n) is 7.86. The molecule has 0 saturated heterocycles. The Hall–Kier alpha value is -0.950. The number of carbonyl (C=O) groups excluding carboxylic acids is 1. The van der Waals surface area contributed by atoms with Gasteiger partial charge in [0.2, 0.25) is 11.3 Å². The first-order chi connectivity index (χ1) is 10.4. The zero-order valence-electron chi connectivity index (χ0n) is 13.8. The van der Waals surface area contributed by atoms with E-state index in [0.29, 0.717) is 25.7 Å². The van der Waals surface area contributed by atoms with Crippen molar-refractivity contribution in [3.8, 4) is 0 Å². The second-order valence-electron chi connectivity index (χ2n) is 5.83. The molecule has 0 N–H and O–H groups in total. The minimum absolute atomic E-state index is 0.0675. The van der Waals surface area contributed by atoms with Gasteiger partial charge < -0.3 is 4.90 Å². The topological polar surface area (TPSA) is 20.3 Å². The van der Waals surface area contributed by atoms with E-state index in [1.165, 1.54) is 0 Å². The molecule has 0 aliphatic rings. The third kappa shape index (κ3) is 5.57. The highest BCUT2D eigenvalue weighted by Crippen LogP contribution is 2.51. The van der Waals surface area contributed by atoms with Gasteiger partial charge in [-0.25, -0.2) is 0 Å². The van der Waals surface area contributed by atoms with Crippen LogP contribution in [-0.4, -0.2) is 36.2 Å². The molecule has 0 fully saturated rings. The van der Waals surface area contributed by atoms with Crippen molar-refractivity contribution in [3.63, 3.8) is 0 Å². The molecule has 0 rings (SSSR count). The van der Waals surface area contributed by atoms with Crippen LogP contribution in [0.5, 0.6) is 0 Å². The molecule has 8 heteroatoms. The van der Waals surface area contributed by atoms with E-state index in [1.54, 1.807) is 0 Å². The normalized spacial score (nSPS) is 13.3. The number of nitrogens with zero attached hydrogens (tertiary/aromatic N) is 1. The van der Waals surface area contributed by atoms with Crippen molar-refractivity contribution in [2.24, 2.45) is 5.41 Å². The van der Waals surface area contributed by atoms with Crippen LogP contribution in [0.15, 0.2) is 0 Å². The molecule has 0 saturated carbocycles. The van der Waals surface area contributed by atoms with Crippen molar-refractivity contribution in [1.82, 2.24) is 4.90 Å². The number of hydrogen-bond acceptors (Lipinski definition) is 1. The van der Waals surface area contributed by atoms with Crippen LogP contribution in [0.1, 0.15) is 59.3 Å². The predicted molar refractivity (Wildman–Crippen MR) is 75.8 cm³/mol. The van der Waals surface area contributed by atoms with Crippen molar-refractivity contribution >= 4 is 5.91 Å². The fourth-order valence-electron chi connectivity index (χ4n) is 2.14. The lowest BCUT2D eigenvalue weighted by Crippen LogP contribution is -2.58. The minimum atomic E-state index is -5.68. The summed E-state index contributed by atoms with van der Waals surface area (Å²) < 4.78 is 78.1. The smallest absolute Gasteiger partial charge is 0.342 e. The fourth-order valence-corrected chi connectivity index (χ4v) is 2.14. The Morgan fingerprint density at radius 2 is 1.13 bits per heavy atom. The Morgan fingerprint density at radius 3 is 1.39 bits per heavy atom. The van der Waals surface area contributed by atoms with Crippen molar-refractivity contribution < 1.29 is 31.1 Å². The van der Waals surface area contributed by atoms with Crippen LogP contribution in [-0.2, 0) is 4.79 Å². The predicted octanol–water partition coefficient (Wildman–Crippen LogP) is 5.33. The highest BCUT2D eigenvalue weighted by molar-refractivity contribution is 5.84. The molecule has 0 aromatic heterocycles. The summed E-state index contributed by atoms with van der Waals surface area (Å²) in [7, 11) is 0. The van der Waals surface area contributed by atoms with E-state index in [-0.39, 0.29) is 20.0 Å². The zero-order chi connectivity index (χ0) is 18.3. The van der Waals surface area contributed by atoms with Gasteiger partial charge in [-0.1, -0.05) is 39.5 Å². The first kappa shape index (κ1) is 22.1. The van der Waals surface area contributed by atoms with Crippen LogP contribution in [0, 0.1) is 5.41 Å². The van der Waals surface area contributed by atoms with Gasteiger partial charge in [-0.3, -0.25) is 4.79 Å². The fraction of sp³-hybridized carbons (Fsp3) is 0.933. The van der Waals surface area contributed by atoms with E-state index in [1.807, 2.05) is 13.8 Å². The highest BCUT2D eigenvalue weighted by Gasteiger charge is 2.73. The van der Waals surface area contributed by atoms with Crippen molar-refractivity contribution in [2.45, 2.75) is 71.6 Å². The van der Waals surface area contributed by atoms with Crippen LogP contribution < -0.4 is 0 Å². The van der Waals surface area contributed by atoms with Crippen LogP contribution in [0.25, 0.3) is 0 Å². The lowest BCUT2D eigenvalue weighted by molar-refractivity contribution is -0.322. The molecule has 0 aromatic carbocycles. The van der Waals surface area contributed by atoms with E-state index in [9.17, 15) is 31.1 Å². The number of amides is 1. The molecule has 1 amide bonds. The van der Waals surface area contributed by atoms with Gasteiger partial charge in [-0.2, -0.15) is 26.3 Å². The third-order valence-corrected chi connectivity index (χ3v) is 3.91. The molecule has 0 radical (unpaired) electrons. The molecule has 0 atom stereocenters. The van der Waals surface area contributed by atoms with Gasteiger partial charge in [0, 0.05) is 13.1 Å². The molecule has 2 nitrogen and oxygen atoms in total. The van der Waals surface area contributed by atoms with E-state index < -0.39 is 23.7 Å². The number of rotatable bonds is 9. The average Bonchev–Trinajstić information content (AvgIpc) is 2.42. The Balaban J connectivity index is 5.40. The zero-order valence-corrected chi connectivity index (χ0v) is 13.8. The number of unbranched alkanes of at least 4 members (excludes halogenated alkanes) is 4. The van der Waals surface area contributed by atoms with Gasteiger partial charge in [0.1, 0.15) is 0 Å². The summed E-state index contributed by atoms with van der Waals surface area (Å²) in [5.74, 6) is -1.90. The second-order valence-corrected chi connectivity index (χ2v) is 5.83. The maximum atomic E-state index is 13.0. The van der Waals surface area contributed by atoms with Gasteiger partial charge in [0.15, 0.2) is 0 Å². The molecule has 0 bridgehead atoms. The van der Waals surface area contributed by atoms with Crippen LogP contribution in [0.2, 0.25) is 0 Å². The Bertz CT molecular complexity index is 340. The summed E-state index contributed by atoms with van der Waals surface area (Å²) in [6.07, 6.45) is -7.79. The first-order valence-corrected chi connectivity index (χ1v) is 7.86. The Kier molecular flexibility index (Phi) is 8.41. The molecule has 0 unspecified atom stereocenters. The maximum Gasteiger partial charge on any atom is 0.411 e. The number of carbonyl (C=O) groups is 1. The lowest BCUT2D eigenvalue weighted by atomic mass is 9.86. The molecular formula is C15H25F6NO. The van der Waals surface area contributed by atoms with Crippen molar-refractivity contribution in [3.05, 3.63) is 0 Å². The Labute approximate surface area is 133 Å². The molecule has 138 valence electrons.